The summed E-state index contributed by atoms with van der Waals surface area (Å²) in [5.74, 6) is -0.570. The molecule has 0 aliphatic heterocycles. The van der Waals surface area contributed by atoms with E-state index in [4.69, 9.17) is 27.6 Å². The third-order valence-corrected chi connectivity index (χ3v) is 4.89. The molecule has 0 spiro atoms. The number of nitrogens with zero attached hydrogens (tertiary/aromatic N) is 1. The highest BCUT2D eigenvalue weighted by atomic mass is 35.5. The molecule has 0 fully saturated rings. The van der Waals surface area contributed by atoms with Crippen LogP contribution in [0.5, 0.6) is 0 Å². The molecule has 4 rings (SSSR count). The van der Waals surface area contributed by atoms with E-state index in [0.717, 1.165) is 16.5 Å². The maximum Gasteiger partial charge on any atom is 0.336 e. The van der Waals surface area contributed by atoms with E-state index >= 15 is 0 Å². The van der Waals surface area contributed by atoms with Gasteiger partial charge in [-0.1, -0.05) is 35.3 Å². The molecule has 26 heavy (non-hydrogen) atoms. The molecule has 0 aliphatic rings. The van der Waals surface area contributed by atoms with Crippen LogP contribution >= 0.6 is 23.2 Å². The number of carbonyl (C=O) groups is 1. The van der Waals surface area contributed by atoms with Crippen molar-refractivity contribution in [1.29, 1.82) is 0 Å². The number of hydrogen-bond acceptors (Lipinski definition) is 3. The first-order valence-corrected chi connectivity index (χ1v) is 8.64. The predicted molar refractivity (Wildman–Crippen MR) is 103 cm³/mol. The zero-order valence-corrected chi connectivity index (χ0v) is 15.4. The number of carboxylic acid groups (broad SMARTS) is 1. The Bertz CT molecular complexity index is 1210. The second-order valence-corrected chi connectivity index (χ2v) is 7.04. The third-order valence-electron chi connectivity index (χ3n) is 4.39. The molecule has 6 heteroatoms. The molecule has 130 valence electrons. The number of aryl methyl sites for hydroxylation is 2. The van der Waals surface area contributed by atoms with Crippen molar-refractivity contribution in [2.75, 3.05) is 0 Å². The molecule has 0 aliphatic carbocycles. The van der Waals surface area contributed by atoms with Gasteiger partial charge in [0.15, 0.2) is 11.3 Å². The van der Waals surface area contributed by atoms with Crippen LogP contribution in [0.25, 0.3) is 33.3 Å². The minimum absolute atomic E-state index is 0.191. The van der Waals surface area contributed by atoms with E-state index in [1.807, 2.05) is 26.0 Å². The Labute approximate surface area is 159 Å². The minimum atomic E-state index is -1.01. The van der Waals surface area contributed by atoms with E-state index in [9.17, 15) is 9.90 Å². The average molecular weight is 386 g/mol. The third kappa shape index (κ3) is 2.62. The predicted octanol–water partition coefficient (Wildman–Crippen LogP) is 6.27. The fourth-order valence-corrected chi connectivity index (χ4v) is 3.69. The molecule has 0 atom stereocenters. The van der Waals surface area contributed by atoms with E-state index in [1.54, 1.807) is 18.2 Å². The average Bonchev–Trinajstić information content (AvgIpc) is 3.01. The van der Waals surface area contributed by atoms with Crippen LogP contribution in [0.3, 0.4) is 0 Å². The Hall–Kier alpha value is -2.56. The Morgan fingerprint density at radius 3 is 2.54 bits per heavy atom. The lowest BCUT2D eigenvalue weighted by atomic mass is 9.99. The molecular weight excluding hydrogens is 373 g/mol. The summed E-state index contributed by atoms with van der Waals surface area (Å²) in [6.45, 7) is 3.78. The summed E-state index contributed by atoms with van der Waals surface area (Å²) < 4.78 is 5.85. The first-order valence-electron chi connectivity index (χ1n) is 7.88. The number of rotatable bonds is 2. The summed E-state index contributed by atoms with van der Waals surface area (Å²) in [4.78, 5) is 16.5. The summed E-state index contributed by atoms with van der Waals surface area (Å²) in [5, 5.41) is 12.0. The maximum absolute atomic E-state index is 11.8. The molecule has 0 saturated heterocycles. The fourth-order valence-electron chi connectivity index (χ4n) is 3.14. The van der Waals surface area contributed by atoms with Crippen LogP contribution in [0.2, 0.25) is 10.0 Å². The Morgan fingerprint density at radius 1 is 1.08 bits per heavy atom. The van der Waals surface area contributed by atoms with E-state index in [1.165, 1.54) is 6.07 Å². The smallest absolute Gasteiger partial charge is 0.336 e. The molecule has 0 amide bonds. The molecule has 1 N–H and O–H groups in total. The van der Waals surface area contributed by atoms with Gasteiger partial charge in [0.1, 0.15) is 5.69 Å². The molecule has 0 radical (unpaired) electrons. The van der Waals surface area contributed by atoms with E-state index in [-0.39, 0.29) is 5.56 Å². The van der Waals surface area contributed by atoms with Crippen LogP contribution in [-0.4, -0.2) is 16.1 Å². The monoisotopic (exact) mass is 385 g/mol. The van der Waals surface area contributed by atoms with Gasteiger partial charge in [-0.3, -0.25) is 0 Å². The van der Waals surface area contributed by atoms with Crippen molar-refractivity contribution < 1.29 is 14.3 Å². The van der Waals surface area contributed by atoms with E-state index in [0.29, 0.717) is 38.0 Å². The molecule has 0 bridgehead atoms. The van der Waals surface area contributed by atoms with Gasteiger partial charge in [0.05, 0.1) is 16.1 Å². The highest BCUT2D eigenvalue weighted by Crippen LogP contribution is 2.35. The van der Waals surface area contributed by atoms with Crippen LogP contribution in [0, 0.1) is 13.8 Å². The molecule has 0 unspecified atom stereocenters. The van der Waals surface area contributed by atoms with Gasteiger partial charge in [0.2, 0.25) is 0 Å². The van der Waals surface area contributed by atoms with Crippen molar-refractivity contribution in [3.8, 4) is 11.5 Å². The summed E-state index contributed by atoms with van der Waals surface area (Å²) in [5.41, 5.74) is 3.52. The summed E-state index contributed by atoms with van der Waals surface area (Å²) in [6.07, 6.45) is 0. The molecule has 2 aromatic carbocycles. The van der Waals surface area contributed by atoms with Crippen molar-refractivity contribution >= 4 is 51.0 Å². The molecule has 0 saturated carbocycles. The molecule has 2 heterocycles. The van der Waals surface area contributed by atoms with Gasteiger partial charge in [-0.2, -0.15) is 0 Å². The number of halogens is 2. The van der Waals surface area contributed by atoms with Gasteiger partial charge in [-0.05, 0) is 49.2 Å². The number of furan rings is 1. The van der Waals surface area contributed by atoms with Gasteiger partial charge in [0, 0.05) is 15.8 Å². The number of benzene rings is 2. The lowest BCUT2D eigenvalue weighted by Gasteiger charge is -2.10. The van der Waals surface area contributed by atoms with Gasteiger partial charge in [-0.25, -0.2) is 9.78 Å². The van der Waals surface area contributed by atoms with Gasteiger partial charge in [-0.15, -0.1) is 0 Å². The lowest BCUT2D eigenvalue weighted by molar-refractivity contribution is 0.0699. The largest absolute Gasteiger partial charge is 0.478 e. The summed E-state index contributed by atoms with van der Waals surface area (Å²) in [7, 11) is 0. The lowest BCUT2D eigenvalue weighted by Crippen LogP contribution is -2.02. The molecule has 2 aromatic heterocycles. The number of aromatic carboxylic acids is 1. The number of aromatic nitrogens is 1. The maximum atomic E-state index is 11.8. The van der Waals surface area contributed by atoms with Crippen LogP contribution in [0.15, 0.2) is 40.8 Å². The molecular formula is C20H13Cl2NO3. The van der Waals surface area contributed by atoms with Crippen molar-refractivity contribution in [2.45, 2.75) is 13.8 Å². The Balaban J connectivity index is 2.05. The quantitative estimate of drug-likeness (QED) is 0.441. The Morgan fingerprint density at radius 2 is 1.81 bits per heavy atom. The summed E-state index contributed by atoms with van der Waals surface area (Å²) in [6, 6.07) is 10.5. The first-order chi connectivity index (χ1) is 12.3. The van der Waals surface area contributed by atoms with E-state index < -0.39 is 5.97 Å². The van der Waals surface area contributed by atoms with Crippen molar-refractivity contribution in [1.82, 2.24) is 4.98 Å². The van der Waals surface area contributed by atoms with E-state index in [2.05, 4.69) is 4.98 Å². The van der Waals surface area contributed by atoms with Crippen molar-refractivity contribution in [3.05, 3.63) is 63.1 Å². The van der Waals surface area contributed by atoms with Gasteiger partial charge >= 0.3 is 5.97 Å². The number of hydrogen-bond donors (Lipinski definition) is 1. The Kier molecular flexibility index (Phi) is 3.90. The number of fused-ring (bicyclic) bond motifs is 2. The van der Waals surface area contributed by atoms with Crippen LogP contribution < -0.4 is 0 Å². The second kappa shape index (κ2) is 6.01. The summed E-state index contributed by atoms with van der Waals surface area (Å²) >= 11 is 12.2. The zero-order valence-electron chi connectivity index (χ0n) is 13.9. The van der Waals surface area contributed by atoms with Crippen molar-refractivity contribution in [2.24, 2.45) is 0 Å². The highest BCUT2D eigenvalue weighted by Gasteiger charge is 2.18. The van der Waals surface area contributed by atoms with Crippen molar-refractivity contribution in [3.63, 3.8) is 0 Å². The zero-order chi connectivity index (χ0) is 18.6. The van der Waals surface area contributed by atoms with Crippen LogP contribution in [0.4, 0.5) is 0 Å². The van der Waals surface area contributed by atoms with Crippen LogP contribution in [-0.2, 0) is 0 Å². The number of carboxylic acids is 1. The number of pyridine rings is 1. The standard InChI is InChI=1S/C20H13Cl2NO3/c1-9-3-4-10(2)18-17(9)13(20(24)25)8-15(23-18)16-6-11-5-12(21)7-14(22)19(11)26-16/h3-8H,1-2H3,(H,24,25). The highest BCUT2D eigenvalue weighted by molar-refractivity contribution is 6.38. The normalized spacial score (nSPS) is 11.4. The molecule has 4 aromatic rings. The topological polar surface area (TPSA) is 63.3 Å². The van der Waals surface area contributed by atoms with Crippen LogP contribution in [0.1, 0.15) is 21.5 Å². The van der Waals surface area contributed by atoms with Gasteiger partial charge < -0.3 is 9.52 Å². The fraction of sp³-hybridized carbons (Fsp3) is 0.100. The van der Waals surface area contributed by atoms with Gasteiger partial charge in [0.25, 0.3) is 0 Å². The second-order valence-electron chi connectivity index (χ2n) is 6.20. The minimum Gasteiger partial charge on any atom is -0.478 e. The molecule has 4 nitrogen and oxygen atoms in total. The SMILES string of the molecule is Cc1ccc(C)c2c(C(=O)O)cc(-c3cc4cc(Cl)cc(Cl)c4o3)nc12. The first kappa shape index (κ1) is 16.9.